The lowest BCUT2D eigenvalue weighted by Gasteiger charge is -2.03. The Balaban J connectivity index is 2.02. The summed E-state index contributed by atoms with van der Waals surface area (Å²) in [6.07, 6.45) is 4.61. The summed E-state index contributed by atoms with van der Waals surface area (Å²) in [5.41, 5.74) is 0. The first kappa shape index (κ1) is 9.02. The molecule has 0 radical (unpaired) electrons. The van der Waals surface area contributed by atoms with E-state index in [0.717, 1.165) is 5.76 Å². The zero-order chi connectivity index (χ0) is 9.80. The van der Waals surface area contributed by atoms with Gasteiger partial charge in [0.2, 0.25) is 0 Å². The van der Waals surface area contributed by atoms with Gasteiger partial charge < -0.3 is 9.73 Å². The van der Waals surface area contributed by atoms with E-state index < -0.39 is 0 Å². The SMILES string of the molecule is Clc1cncnc1NCc1ccco1. The van der Waals surface area contributed by atoms with Crippen LogP contribution in [0.2, 0.25) is 5.02 Å². The van der Waals surface area contributed by atoms with E-state index in [2.05, 4.69) is 15.3 Å². The van der Waals surface area contributed by atoms with Gasteiger partial charge in [-0.3, -0.25) is 0 Å². The molecule has 0 fully saturated rings. The number of rotatable bonds is 3. The number of nitrogens with zero attached hydrogens (tertiary/aromatic N) is 2. The fourth-order valence-corrected chi connectivity index (χ4v) is 1.20. The predicted molar refractivity (Wildman–Crippen MR) is 53.1 cm³/mol. The number of hydrogen-bond donors (Lipinski definition) is 1. The lowest BCUT2D eigenvalue weighted by molar-refractivity contribution is 0.518. The molecule has 0 amide bonds. The van der Waals surface area contributed by atoms with Gasteiger partial charge in [0.1, 0.15) is 22.9 Å². The van der Waals surface area contributed by atoms with Gasteiger partial charge in [0.05, 0.1) is 19.0 Å². The molecule has 2 rings (SSSR count). The Morgan fingerprint density at radius 2 is 2.43 bits per heavy atom. The number of furan rings is 1. The zero-order valence-corrected chi connectivity index (χ0v) is 8.03. The van der Waals surface area contributed by atoms with Crippen LogP contribution in [0.15, 0.2) is 35.3 Å². The predicted octanol–water partition coefficient (Wildman–Crippen LogP) is 2.34. The minimum absolute atomic E-state index is 0.499. The third kappa shape index (κ3) is 2.03. The van der Waals surface area contributed by atoms with E-state index in [4.69, 9.17) is 16.0 Å². The number of halogens is 1. The van der Waals surface area contributed by atoms with E-state index in [9.17, 15) is 0 Å². The number of hydrogen-bond acceptors (Lipinski definition) is 4. The summed E-state index contributed by atoms with van der Waals surface area (Å²) in [6, 6.07) is 3.71. The highest BCUT2D eigenvalue weighted by Gasteiger charge is 2.01. The van der Waals surface area contributed by atoms with Crippen LogP contribution in [-0.4, -0.2) is 9.97 Å². The van der Waals surface area contributed by atoms with Gasteiger partial charge in [0.25, 0.3) is 0 Å². The van der Waals surface area contributed by atoms with Crippen LogP contribution in [-0.2, 0) is 6.54 Å². The Bertz CT molecular complexity index is 402. The monoisotopic (exact) mass is 209 g/mol. The summed E-state index contributed by atoms with van der Waals surface area (Å²) in [5, 5.41) is 3.54. The fraction of sp³-hybridized carbons (Fsp3) is 0.111. The van der Waals surface area contributed by atoms with Crippen LogP contribution in [0.1, 0.15) is 5.76 Å². The molecule has 2 aromatic rings. The molecule has 0 atom stereocenters. The molecule has 0 aliphatic rings. The van der Waals surface area contributed by atoms with Crippen LogP contribution in [0, 0.1) is 0 Å². The highest BCUT2D eigenvalue weighted by Crippen LogP contribution is 2.16. The summed E-state index contributed by atoms with van der Waals surface area (Å²) in [4.78, 5) is 7.77. The number of anilines is 1. The number of nitrogens with one attached hydrogen (secondary N) is 1. The van der Waals surface area contributed by atoms with Crippen molar-refractivity contribution in [3.63, 3.8) is 0 Å². The molecule has 4 nitrogen and oxygen atoms in total. The van der Waals surface area contributed by atoms with E-state index in [1.54, 1.807) is 12.5 Å². The van der Waals surface area contributed by atoms with Gasteiger partial charge in [-0.2, -0.15) is 0 Å². The standard InChI is InChI=1S/C9H8ClN3O/c10-8-5-11-6-13-9(8)12-4-7-2-1-3-14-7/h1-3,5-6H,4H2,(H,11,12,13). The first-order chi connectivity index (χ1) is 6.86. The minimum Gasteiger partial charge on any atom is -0.467 e. The van der Waals surface area contributed by atoms with Crippen molar-refractivity contribution in [1.29, 1.82) is 0 Å². The molecule has 0 unspecified atom stereocenters. The van der Waals surface area contributed by atoms with Crippen molar-refractivity contribution in [1.82, 2.24) is 9.97 Å². The van der Waals surface area contributed by atoms with Crippen molar-refractivity contribution in [2.45, 2.75) is 6.54 Å². The molecule has 0 bridgehead atoms. The van der Waals surface area contributed by atoms with Gasteiger partial charge in [0.15, 0.2) is 0 Å². The van der Waals surface area contributed by atoms with E-state index in [-0.39, 0.29) is 0 Å². The molecule has 2 aromatic heterocycles. The molecule has 14 heavy (non-hydrogen) atoms. The fourth-order valence-electron chi connectivity index (χ4n) is 1.03. The smallest absolute Gasteiger partial charge is 0.148 e. The van der Waals surface area contributed by atoms with Gasteiger partial charge in [-0.05, 0) is 12.1 Å². The normalized spacial score (nSPS) is 10.1. The average Bonchev–Trinajstić information content (AvgIpc) is 2.69. The van der Waals surface area contributed by atoms with Crippen molar-refractivity contribution < 1.29 is 4.42 Å². The Hall–Kier alpha value is -1.55. The van der Waals surface area contributed by atoms with Crippen LogP contribution >= 0.6 is 11.6 Å². The maximum atomic E-state index is 5.85. The van der Waals surface area contributed by atoms with Crippen LogP contribution in [0.25, 0.3) is 0 Å². The molecule has 1 N–H and O–H groups in total. The van der Waals surface area contributed by atoms with E-state index >= 15 is 0 Å². The summed E-state index contributed by atoms with van der Waals surface area (Å²) in [6.45, 7) is 0.559. The van der Waals surface area contributed by atoms with Crippen molar-refractivity contribution >= 4 is 17.4 Å². The second kappa shape index (κ2) is 4.11. The Morgan fingerprint density at radius 3 is 3.14 bits per heavy atom. The molecule has 0 aliphatic heterocycles. The summed E-state index contributed by atoms with van der Waals surface area (Å²) in [5.74, 6) is 1.44. The average molecular weight is 210 g/mol. The molecular formula is C9H8ClN3O. The second-order valence-electron chi connectivity index (χ2n) is 2.65. The highest BCUT2D eigenvalue weighted by molar-refractivity contribution is 6.32. The molecule has 5 heteroatoms. The Kier molecular flexibility index (Phi) is 2.65. The van der Waals surface area contributed by atoms with Crippen LogP contribution in [0.5, 0.6) is 0 Å². The zero-order valence-electron chi connectivity index (χ0n) is 7.27. The Morgan fingerprint density at radius 1 is 1.50 bits per heavy atom. The first-order valence-corrected chi connectivity index (χ1v) is 4.46. The Labute approximate surface area is 85.9 Å². The van der Waals surface area contributed by atoms with Gasteiger partial charge >= 0.3 is 0 Å². The lowest BCUT2D eigenvalue weighted by Crippen LogP contribution is -2.00. The van der Waals surface area contributed by atoms with Gasteiger partial charge in [-0.25, -0.2) is 9.97 Å². The van der Waals surface area contributed by atoms with Crippen molar-refractivity contribution in [3.05, 3.63) is 41.7 Å². The maximum Gasteiger partial charge on any atom is 0.148 e. The quantitative estimate of drug-likeness (QED) is 0.843. The molecule has 72 valence electrons. The van der Waals surface area contributed by atoms with Crippen molar-refractivity contribution in [2.75, 3.05) is 5.32 Å². The summed E-state index contributed by atoms with van der Waals surface area (Å²) >= 11 is 5.85. The largest absolute Gasteiger partial charge is 0.467 e. The van der Waals surface area contributed by atoms with E-state index in [1.807, 2.05) is 12.1 Å². The summed E-state index contributed by atoms with van der Waals surface area (Å²) < 4.78 is 5.15. The van der Waals surface area contributed by atoms with E-state index in [1.165, 1.54) is 6.33 Å². The van der Waals surface area contributed by atoms with Crippen LogP contribution in [0.4, 0.5) is 5.82 Å². The molecular weight excluding hydrogens is 202 g/mol. The van der Waals surface area contributed by atoms with Gasteiger partial charge in [0, 0.05) is 0 Å². The third-order valence-electron chi connectivity index (χ3n) is 1.68. The topological polar surface area (TPSA) is 51.0 Å². The van der Waals surface area contributed by atoms with Gasteiger partial charge in [-0.1, -0.05) is 11.6 Å². The minimum atomic E-state index is 0.499. The molecule has 0 aliphatic carbocycles. The van der Waals surface area contributed by atoms with Crippen molar-refractivity contribution in [3.8, 4) is 0 Å². The molecule has 0 saturated carbocycles. The molecule has 0 saturated heterocycles. The van der Waals surface area contributed by atoms with Crippen LogP contribution in [0.3, 0.4) is 0 Å². The van der Waals surface area contributed by atoms with Crippen molar-refractivity contribution in [2.24, 2.45) is 0 Å². The van der Waals surface area contributed by atoms with Crippen LogP contribution < -0.4 is 5.32 Å². The van der Waals surface area contributed by atoms with E-state index in [0.29, 0.717) is 17.4 Å². The lowest BCUT2D eigenvalue weighted by atomic mass is 10.4. The molecule has 2 heterocycles. The highest BCUT2D eigenvalue weighted by atomic mass is 35.5. The summed E-state index contributed by atoms with van der Waals surface area (Å²) in [7, 11) is 0. The second-order valence-corrected chi connectivity index (χ2v) is 3.06. The van der Waals surface area contributed by atoms with Gasteiger partial charge in [-0.15, -0.1) is 0 Å². The third-order valence-corrected chi connectivity index (χ3v) is 1.95. The maximum absolute atomic E-state index is 5.85. The number of aromatic nitrogens is 2. The molecule has 0 spiro atoms. The molecule has 0 aromatic carbocycles. The first-order valence-electron chi connectivity index (χ1n) is 4.08.